The number of carbonyl (C=O) groups excluding carboxylic acids is 1. The van der Waals surface area contributed by atoms with Crippen molar-refractivity contribution in [3.8, 4) is 11.5 Å². The zero-order valence-electron chi connectivity index (χ0n) is 13.1. The zero-order valence-corrected chi connectivity index (χ0v) is 13.1. The minimum atomic E-state index is 0.00671. The lowest BCUT2D eigenvalue weighted by Gasteiger charge is -2.32. The molecule has 0 spiro atoms. The maximum atomic E-state index is 11.6. The molecule has 1 aliphatic rings. The third-order valence-electron chi connectivity index (χ3n) is 3.83. The topological polar surface area (TPSA) is 42.0 Å². The second-order valence-corrected chi connectivity index (χ2v) is 5.41. The number of methoxy groups -OCH3 is 1. The first kappa shape index (κ1) is 15.8. The molecule has 0 radical (unpaired) electrons. The summed E-state index contributed by atoms with van der Waals surface area (Å²) in [5.74, 6) is 1.32. The van der Waals surface area contributed by atoms with Crippen LogP contribution in [0.3, 0.4) is 0 Å². The van der Waals surface area contributed by atoms with Gasteiger partial charge in [-0.05, 0) is 26.1 Å². The van der Waals surface area contributed by atoms with Crippen molar-refractivity contribution in [1.29, 1.82) is 0 Å². The summed E-state index contributed by atoms with van der Waals surface area (Å²) in [5.41, 5.74) is 0.606. The van der Waals surface area contributed by atoms with Crippen LogP contribution in [0.2, 0.25) is 0 Å². The lowest BCUT2D eigenvalue weighted by molar-refractivity contribution is 0.101. The smallest absolute Gasteiger partial charge is 0.163 e. The van der Waals surface area contributed by atoms with E-state index in [1.54, 1.807) is 32.2 Å². The second kappa shape index (κ2) is 7.43. The molecule has 0 aliphatic carbocycles. The standard InChI is InChI=1S/C16H24N2O3/c1-13(19)15-5-4-14(20-3)12-16(15)21-11-10-18-8-6-17(2)7-9-18/h4-5,12H,6-11H2,1-3H3. The molecule has 2 rings (SSSR count). The van der Waals surface area contributed by atoms with Gasteiger partial charge >= 0.3 is 0 Å². The number of likely N-dealkylation sites (N-methyl/N-ethyl adjacent to an activating group) is 1. The molecule has 0 amide bonds. The lowest BCUT2D eigenvalue weighted by Crippen LogP contribution is -2.45. The monoisotopic (exact) mass is 292 g/mol. The van der Waals surface area contributed by atoms with Gasteiger partial charge in [0.25, 0.3) is 0 Å². The van der Waals surface area contributed by atoms with E-state index in [0.717, 1.165) is 32.7 Å². The molecular weight excluding hydrogens is 268 g/mol. The van der Waals surface area contributed by atoms with E-state index in [4.69, 9.17) is 9.47 Å². The van der Waals surface area contributed by atoms with Crippen LogP contribution in [0.5, 0.6) is 11.5 Å². The summed E-state index contributed by atoms with van der Waals surface area (Å²) in [6.45, 7) is 7.33. The molecule has 0 bridgehead atoms. The fraction of sp³-hybridized carbons (Fsp3) is 0.562. The van der Waals surface area contributed by atoms with Crippen LogP contribution in [-0.4, -0.2) is 69.1 Å². The Kier molecular flexibility index (Phi) is 5.59. The number of hydrogen-bond acceptors (Lipinski definition) is 5. The van der Waals surface area contributed by atoms with Gasteiger partial charge in [0.1, 0.15) is 18.1 Å². The highest BCUT2D eigenvalue weighted by atomic mass is 16.5. The quantitative estimate of drug-likeness (QED) is 0.744. The first-order chi connectivity index (χ1) is 10.1. The van der Waals surface area contributed by atoms with Crippen LogP contribution in [0.15, 0.2) is 18.2 Å². The molecule has 1 aromatic carbocycles. The van der Waals surface area contributed by atoms with Gasteiger partial charge in [-0.3, -0.25) is 9.69 Å². The van der Waals surface area contributed by atoms with Crippen LogP contribution >= 0.6 is 0 Å². The largest absolute Gasteiger partial charge is 0.497 e. The van der Waals surface area contributed by atoms with Crippen LogP contribution in [0.25, 0.3) is 0 Å². The van der Waals surface area contributed by atoms with E-state index in [-0.39, 0.29) is 5.78 Å². The van der Waals surface area contributed by atoms with Gasteiger partial charge < -0.3 is 14.4 Å². The van der Waals surface area contributed by atoms with Crippen LogP contribution in [0, 0.1) is 0 Å². The minimum Gasteiger partial charge on any atom is -0.497 e. The highest BCUT2D eigenvalue weighted by Gasteiger charge is 2.14. The lowest BCUT2D eigenvalue weighted by atomic mass is 10.1. The maximum absolute atomic E-state index is 11.6. The summed E-state index contributed by atoms with van der Waals surface area (Å²) in [7, 11) is 3.75. The van der Waals surface area contributed by atoms with E-state index < -0.39 is 0 Å². The number of carbonyl (C=O) groups is 1. The van der Waals surface area contributed by atoms with Gasteiger partial charge in [0.05, 0.1) is 12.7 Å². The molecule has 0 unspecified atom stereocenters. The van der Waals surface area contributed by atoms with Crippen LogP contribution in [-0.2, 0) is 0 Å². The Bertz CT molecular complexity index is 482. The Morgan fingerprint density at radius 3 is 2.57 bits per heavy atom. The van der Waals surface area contributed by atoms with E-state index in [0.29, 0.717) is 23.7 Å². The molecule has 0 saturated carbocycles. The normalized spacial score (nSPS) is 16.7. The molecule has 0 atom stereocenters. The van der Waals surface area contributed by atoms with Gasteiger partial charge in [-0.1, -0.05) is 0 Å². The molecule has 21 heavy (non-hydrogen) atoms. The number of ether oxygens (including phenoxy) is 2. The van der Waals surface area contributed by atoms with E-state index >= 15 is 0 Å². The maximum Gasteiger partial charge on any atom is 0.163 e. The van der Waals surface area contributed by atoms with Crippen molar-refractivity contribution < 1.29 is 14.3 Å². The Hall–Kier alpha value is -1.59. The molecule has 0 aromatic heterocycles. The molecule has 5 heteroatoms. The fourth-order valence-electron chi connectivity index (χ4n) is 2.40. The van der Waals surface area contributed by atoms with Crippen LogP contribution in [0.1, 0.15) is 17.3 Å². The average Bonchev–Trinajstić information content (AvgIpc) is 2.49. The zero-order chi connectivity index (χ0) is 15.2. The van der Waals surface area contributed by atoms with Crippen LogP contribution < -0.4 is 9.47 Å². The van der Waals surface area contributed by atoms with Crippen molar-refractivity contribution in [3.63, 3.8) is 0 Å². The number of ketones is 1. The third-order valence-corrected chi connectivity index (χ3v) is 3.83. The number of hydrogen-bond donors (Lipinski definition) is 0. The summed E-state index contributed by atoms with van der Waals surface area (Å²) in [4.78, 5) is 16.3. The molecule has 5 nitrogen and oxygen atoms in total. The summed E-state index contributed by atoms with van der Waals surface area (Å²) in [6, 6.07) is 5.32. The molecular formula is C16H24N2O3. The number of benzene rings is 1. The first-order valence-electron chi connectivity index (χ1n) is 7.33. The summed E-state index contributed by atoms with van der Waals surface area (Å²) in [5, 5.41) is 0. The Balaban J connectivity index is 1.91. The van der Waals surface area contributed by atoms with Crippen molar-refractivity contribution in [2.45, 2.75) is 6.92 Å². The molecule has 1 fully saturated rings. The van der Waals surface area contributed by atoms with Crippen molar-refractivity contribution in [2.75, 3.05) is 53.5 Å². The van der Waals surface area contributed by atoms with Gasteiger partial charge in [0, 0.05) is 38.8 Å². The van der Waals surface area contributed by atoms with Crippen molar-refractivity contribution in [2.24, 2.45) is 0 Å². The predicted molar refractivity (Wildman–Crippen MR) is 82.4 cm³/mol. The van der Waals surface area contributed by atoms with E-state index in [1.165, 1.54) is 0 Å². The molecule has 1 saturated heterocycles. The van der Waals surface area contributed by atoms with E-state index in [2.05, 4.69) is 16.8 Å². The molecule has 1 aliphatic heterocycles. The van der Waals surface area contributed by atoms with E-state index in [9.17, 15) is 4.79 Å². The van der Waals surface area contributed by atoms with Crippen molar-refractivity contribution >= 4 is 5.78 Å². The third kappa shape index (κ3) is 4.44. The molecule has 0 N–H and O–H groups in total. The summed E-state index contributed by atoms with van der Waals surface area (Å²) >= 11 is 0. The Morgan fingerprint density at radius 2 is 1.95 bits per heavy atom. The number of rotatable bonds is 6. The minimum absolute atomic E-state index is 0.00671. The number of nitrogens with zero attached hydrogens (tertiary/aromatic N) is 2. The summed E-state index contributed by atoms with van der Waals surface area (Å²) < 4.78 is 11.0. The first-order valence-corrected chi connectivity index (χ1v) is 7.33. The van der Waals surface area contributed by atoms with E-state index in [1.807, 2.05) is 0 Å². The number of piperazine rings is 1. The molecule has 1 heterocycles. The van der Waals surface area contributed by atoms with Gasteiger partial charge in [0.15, 0.2) is 5.78 Å². The van der Waals surface area contributed by atoms with Crippen molar-refractivity contribution in [3.05, 3.63) is 23.8 Å². The van der Waals surface area contributed by atoms with Gasteiger partial charge in [-0.25, -0.2) is 0 Å². The predicted octanol–water partition coefficient (Wildman–Crippen LogP) is 1.52. The molecule has 116 valence electrons. The van der Waals surface area contributed by atoms with Crippen molar-refractivity contribution in [1.82, 2.24) is 9.80 Å². The molecule has 1 aromatic rings. The summed E-state index contributed by atoms with van der Waals surface area (Å²) in [6.07, 6.45) is 0. The Morgan fingerprint density at radius 1 is 1.24 bits per heavy atom. The SMILES string of the molecule is COc1ccc(C(C)=O)c(OCCN2CCN(C)CC2)c1. The number of Topliss-reactive ketones (excluding diaryl/α,β-unsaturated/α-hetero) is 1. The van der Waals surface area contributed by atoms with Gasteiger partial charge in [-0.15, -0.1) is 0 Å². The van der Waals surface area contributed by atoms with Gasteiger partial charge in [0.2, 0.25) is 0 Å². The van der Waals surface area contributed by atoms with Gasteiger partial charge in [-0.2, -0.15) is 0 Å². The Labute approximate surface area is 126 Å². The highest BCUT2D eigenvalue weighted by molar-refractivity contribution is 5.97. The fourth-order valence-corrected chi connectivity index (χ4v) is 2.40. The highest BCUT2D eigenvalue weighted by Crippen LogP contribution is 2.25. The van der Waals surface area contributed by atoms with Crippen LogP contribution in [0.4, 0.5) is 0 Å². The average molecular weight is 292 g/mol. The second-order valence-electron chi connectivity index (χ2n) is 5.41.